The van der Waals surface area contributed by atoms with Gasteiger partial charge in [-0.25, -0.2) is 4.79 Å². The van der Waals surface area contributed by atoms with Crippen LogP contribution in [0.15, 0.2) is 12.2 Å². The second kappa shape index (κ2) is 8.75. The SMILES string of the molecule is C=C(C)C(=O)OCNCCCCCC. The zero-order valence-corrected chi connectivity index (χ0v) is 9.27. The van der Waals surface area contributed by atoms with Gasteiger partial charge in [0.25, 0.3) is 0 Å². The second-order valence-corrected chi connectivity index (χ2v) is 3.42. The Labute approximate surface area is 86.5 Å². The Bertz CT molecular complexity index is 178. The van der Waals surface area contributed by atoms with E-state index in [1.807, 2.05) is 0 Å². The Kier molecular flexibility index (Phi) is 8.24. The van der Waals surface area contributed by atoms with E-state index >= 15 is 0 Å². The molecule has 0 fully saturated rings. The minimum Gasteiger partial charge on any atom is -0.446 e. The molecule has 0 spiro atoms. The molecular formula is C11H21NO2. The van der Waals surface area contributed by atoms with Crippen LogP contribution in [0.5, 0.6) is 0 Å². The van der Waals surface area contributed by atoms with Crippen molar-refractivity contribution in [2.75, 3.05) is 13.3 Å². The first-order chi connectivity index (χ1) is 6.68. The van der Waals surface area contributed by atoms with Crippen molar-refractivity contribution in [2.24, 2.45) is 0 Å². The molecule has 82 valence electrons. The Balaban J connectivity index is 3.13. The van der Waals surface area contributed by atoms with Gasteiger partial charge in [0.05, 0.1) is 0 Å². The Morgan fingerprint density at radius 2 is 2.07 bits per heavy atom. The monoisotopic (exact) mass is 199 g/mol. The van der Waals surface area contributed by atoms with Crippen molar-refractivity contribution < 1.29 is 9.53 Å². The highest BCUT2D eigenvalue weighted by Crippen LogP contribution is 1.97. The van der Waals surface area contributed by atoms with E-state index < -0.39 is 0 Å². The Morgan fingerprint density at radius 1 is 1.36 bits per heavy atom. The van der Waals surface area contributed by atoms with Gasteiger partial charge in [-0.1, -0.05) is 32.8 Å². The summed E-state index contributed by atoms with van der Waals surface area (Å²) in [5, 5.41) is 3.05. The third-order valence-electron chi connectivity index (χ3n) is 1.86. The summed E-state index contributed by atoms with van der Waals surface area (Å²) in [5.41, 5.74) is 0.442. The van der Waals surface area contributed by atoms with Crippen LogP contribution in [0.3, 0.4) is 0 Å². The molecule has 3 nitrogen and oxygen atoms in total. The third kappa shape index (κ3) is 7.80. The van der Waals surface area contributed by atoms with Gasteiger partial charge in [-0.15, -0.1) is 0 Å². The number of ether oxygens (including phenoxy) is 1. The lowest BCUT2D eigenvalue weighted by Crippen LogP contribution is -2.22. The number of hydrogen-bond acceptors (Lipinski definition) is 3. The van der Waals surface area contributed by atoms with E-state index in [0.29, 0.717) is 5.57 Å². The van der Waals surface area contributed by atoms with Crippen LogP contribution in [0, 0.1) is 0 Å². The first-order valence-corrected chi connectivity index (χ1v) is 5.21. The van der Waals surface area contributed by atoms with Crippen LogP contribution in [-0.2, 0) is 9.53 Å². The van der Waals surface area contributed by atoms with E-state index in [2.05, 4.69) is 18.8 Å². The van der Waals surface area contributed by atoms with Gasteiger partial charge in [0.1, 0.15) is 6.73 Å². The molecule has 3 heteroatoms. The van der Waals surface area contributed by atoms with Gasteiger partial charge >= 0.3 is 5.97 Å². The molecule has 0 bridgehead atoms. The molecule has 0 aliphatic carbocycles. The largest absolute Gasteiger partial charge is 0.446 e. The van der Waals surface area contributed by atoms with Gasteiger partial charge in [-0.05, 0) is 19.9 Å². The molecule has 0 aromatic rings. The number of unbranched alkanes of at least 4 members (excludes halogenated alkanes) is 3. The molecule has 0 aliphatic rings. The van der Waals surface area contributed by atoms with Crippen LogP contribution >= 0.6 is 0 Å². The van der Waals surface area contributed by atoms with Crippen molar-refractivity contribution in [2.45, 2.75) is 39.5 Å². The summed E-state index contributed by atoms with van der Waals surface area (Å²) in [6, 6.07) is 0. The van der Waals surface area contributed by atoms with Gasteiger partial charge in [-0.2, -0.15) is 0 Å². The predicted octanol–water partition coefficient (Wildman–Crippen LogP) is 2.23. The molecule has 1 N–H and O–H groups in total. The lowest BCUT2D eigenvalue weighted by molar-refractivity contribution is -0.139. The standard InChI is InChI=1S/C11H21NO2/c1-4-5-6-7-8-12-9-14-11(13)10(2)3/h12H,2,4-9H2,1,3H3. The molecule has 0 aromatic carbocycles. The zero-order valence-electron chi connectivity index (χ0n) is 9.27. The number of esters is 1. The van der Waals surface area contributed by atoms with Gasteiger partial charge < -0.3 is 4.74 Å². The molecular weight excluding hydrogens is 178 g/mol. The van der Waals surface area contributed by atoms with Crippen molar-refractivity contribution in [3.63, 3.8) is 0 Å². The fourth-order valence-corrected chi connectivity index (χ4v) is 0.989. The van der Waals surface area contributed by atoms with Crippen LogP contribution < -0.4 is 5.32 Å². The summed E-state index contributed by atoms with van der Waals surface area (Å²) >= 11 is 0. The first kappa shape index (κ1) is 13.2. The highest BCUT2D eigenvalue weighted by atomic mass is 16.5. The van der Waals surface area contributed by atoms with Gasteiger partial charge in [0.15, 0.2) is 0 Å². The summed E-state index contributed by atoms with van der Waals surface area (Å²) in [4.78, 5) is 10.9. The van der Waals surface area contributed by atoms with Crippen molar-refractivity contribution in [3.05, 3.63) is 12.2 Å². The minimum absolute atomic E-state index is 0.290. The topological polar surface area (TPSA) is 38.3 Å². The fourth-order valence-electron chi connectivity index (χ4n) is 0.989. The molecule has 0 unspecified atom stereocenters. The second-order valence-electron chi connectivity index (χ2n) is 3.42. The smallest absolute Gasteiger partial charge is 0.334 e. The van der Waals surface area contributed by atoms with Crippen molar-refractivity contribution in [3.8, 4) is 0 Å². The summed E-state index contributed by atoms with van der Waals surface area (Å²) in [6.07, 6.45) is 4.88. The summed E-state index contributed by atoms with van der Waals surface area (Å²) in [5.74, 6) is -0.328. The summed E-state index contributed by atoms with van der Waals surface area (Å²) < 4.78 is 4.86. The lowest BCUT2D eigenvalue weighted by atomic mass is 10.2. The number of nitrogens with one attached hydrogen (secondary N) is 1. The van der Waals surface area contributed by atoms with Crippen LogP contribution in [0.1, 0.15) is 39.5 Å². The quantitative estimate of drug-likeness (QED) is 0.282. The minimum atomic E-state index is -0.328. The maximum Gasteiger partial charge on any atom is 0.334 e. The molecule has 14 heavy (non-hydrogen) atoms. The molecule has 0 atom stereocenters. The molecule has 0 saturated heterocycles. The number of hydrogen-bond donors (Lipinski definition) is 1. The van der Waals surface area contributed by atoms with Crippen LogP contribution in [0.2, 0.25) is 0 Å². The number of carbonyl (C=O) groups is 1. The normalized spacial score (nSPS) is 9.86. The van der Waals surface area contributed by atoms with E-state index in [1.165, 1.54) is 19.3 Å². The maximum atomic E-state index is 10.9. The van der Waals surface area contributed by atoms with Crippen LogP contribution in [-0.4, -0.2) is 19.2 Å². The van der Waals surface area contributed by atoms with Crippen LogP contribution in [0.25, 0.3) is 0 Å². The average molecular weight is 199 g/mol. The van der Waals surface area contributed by atoms with E-state index in [9.17, 15) is 4.79 Å². The Morgan fingerprint density at radius 3 is 2.64 bits per heavy atom. The molecule has 0 heterocycles. The maximum absolute atomic E-state index is 10.9. The molecule has 0 saturated carbocycles. The van der Waals surface area contributed by atoms with Gasteiger partial charge in [0, 0.05) is 5.57 Å². The molecule has 0 radical (unpaired) electrons. The summed E-state index contributed by atoms with van der Waals surface area (Å²) in [6.45, 7) is 8.51. The highest BCUT2D eigenvalue weighted by Gasteiger charge is 2.00. The first-order valence-electron chi connectivity index (χ1n) is 5.21. The third-order valence-corrected chi connectivity index (χ3v) is 1.86. The van der Waals surface area contributed by atoms with Crippen molar-refractivity contribution >= 4 is 5.97 Å². The van der Waals surface area contributed by atoms with E-state index in [1.54, 1.807) is 6.92 Å². The highest BCUT2D eigenvalue weighted by molar-refractivity contribution is 5.86. The zero-order chi connectivity index (χ0) is 10.8. The lowest BCUT2D eigenvalue weighted by Gasteiger charge is -2.05. The number of rotatable bonds is 8. The predicted molar refractivity (Wildman–Crippen MR) is 57.9 cm³/mol. The van der Waals surface area contributed by atoms with E-state index in [4.69, 9.17) is 4.74 Å². The molecule has 0 rings (SSSR count). The van der Waals surface area contributed by atoms with Crippen LogP contribution in [0.4, 0.5) is 0 Å². The van der Waals surface area contributed by atoms with Gasteiger partial charge in [-0.3, -0.25) is 5.32 Å². The fraction of sp³-hybridized carbons (Fsp3) is 0.727. The van der Waals surface area contributed by atoms with Crippen molar-refractivity contribution in [1.29, 1.82) is 0 Å². The molecule has 0 aromatic heterocycles. The molecule has 0 amide bonds. The molecule has 0 aliphatic heterocycles. The number of carbonyl (C=O) groups excluding carboxylic acids is 1. The van der Waals surface area contributed by atoms with E-state index in [0.717, 1.165) is 13.0 Å². The van der Waals surface area contributed by atoms with E-state index in [-0.39, 0.29) is 12.7 Å². The van der Waals surface area contributed by atoms with Gasteiger partial charge in [0.2, 0.25) is 0 Å². The summed E-state index contributed by atoms with van der Waals surface area (Å²) in [7, 11) is 0. The average Bonchev–Trinajstić information content (AvgIpc) is 2.16. The van der Waals surface area contributed by atoms with Crippen molar-refractivity contribution in [1.82, 2.24) is 5.32 Å². The Hall–Kier alpha value is -0.830.